The van der Waals surface area contributed by atoms with Crippen molar-refractivity contribution in [2.75, 3.05) is 32.2 Å². The smallest absolute Gasteiger partial charge is 0.324 e. The summed E-state index contributed by atoms with van der Waals surface area (Å²) in [6.45, 7) is 3.30. The molecule has 1 atom stereocenters. The summed E-state index contributed by atoms with van der Waals surface area (Å²) in [7, 11) is 3.18. The molecule has 0 fully saturated rings. The number of urea groups is 1. The molecule has 0 radical (unpaired) electrons. The highest BCUT2D eigenvalue weighted by Crippen LogP contribution is 2.28. The topological polar surface area (TPSA) is 97.7 Å². The molecule has 0 saturated heterocycles. The third kappa shape index (κ3) is 4.18. The van der Waals surface area contributed by atoms with Crippen LogP contribution in [0.15, 0.2) is 42.5 Å². The molecule has 9 heteroatoms. The third-order valence-electron chi connectivity index (χ3n) is 5.56. The molecule has 32 heavy (non-hydrogen) atoms. The number of amides is 3. The number of anilines is 1. The van der Waals surface area contributed by atoms with Gasteiger partial charge in [0.1, 0.15) is 6.04 Å². The Labute approximate surface area is 186 Å². The van der Waals surface area contributed by atoms with E-state index in [0.29, 0.717) is 43.5 Å². The molecule has 1 aliphatic rings. The van der Waals surface area contributed by atoms with Crippen molar-refractivity contribution in [2.45, 2.75) is 25.9 Å². The van der Waals surface area contributed by atoms with Crippen molar-refractivity contribution in [1.29, 1.82) is 0 Å². The van der Waals surface area contributed by atoms with Crippen LogP contribution in [0.2, 0.25) is 0 Å². The van der Waals surface area contributed by atoms with E-state index in [2.05, 4.69) is 15.6 Å². The molecule has 4 rings (SSSR count). The maximum absolute atomic E-state index is 12.8. The van der Waals surface area contributed by atoms with Crippen LogP contribution in [0.5, 0.6) is 11.5 Å². The minimum atomic E-state index is -0.675. The Morgan fingerprint density at radius 1 is 1.09 bits per heavy atom. The van der Waals surface area contributed by atoms with Gasteiger partial charge in [-0.2, -0.15) is 0 Å². The Kier molecular flexibility index (Phi) is 6.16. The van der Waals surface area contributed by atoms with Crippen LogP contribution >= 0.6 is 0 Å². The van der Waals surface area contributed by atoms with Crippen LogP contribution in [0.1, 0.15) is 12.5 Å². The maximum Gasteiger partial charge on any atom is 0.324 e. The van der Waals surface area contributed by atoms with Crippen molar-refractivity contribution in [3.63, 3.8) is 0 Å². The second-order valence-corrected chi connectivity index (χ2v) is 7.61. The largest absolute Gasteiger partial charge is 0.493 e. The lowest BCUT2D eigenvalue weighted by Gasteiger charge is -2.19. The molecule has 0 unspecified atom stereocenters. The Hall–Kier alpha value is -3.75. The number of fused-ring (bicyclic) bond motifs is 3. The zero-order valence-electron chi connectivity index (χ0n) is 18.4. The van der Waals surface area contributed by atoms with Gasteiger partial charge in [-0.25, -0.2) is 9.78 Å². The molecule has 0 bridgehead atoms. The zero-order valence-corrected chi connectivity index (χ0v) is 18.4. The number of hydrogen-bond donors (Lipinski definition) is 2. The number of carbonyl (C=O) groups is 2. The van der Waals surface area contributed by atoms with Crippen LogP contribution in [-0.2, 0) is 17.8 Å². The van der Waals surface area contributed by atoms with Crippen molar-refractivity contribution in [1.82, 2.24) is 20.2 Å². The highest BCUT2D eigenvalue weighted by molar-refractivity contribution is 5.96. The summed E-state index contributed by atoms with van der Waals surface area (Å²) in [5, 5.41) is 5.64. The van der Waals surface area contributed by atoms with E-state index < -0.39 is 6.04 Å². The fourth-order valence-corrected chi connectivity index (χ4v) is 3.83. The van der Waals surface area contributed by atoms with Gasteiger partial charge >= 0.3 is 6.03 Å². The SMILES string of the molecule is COc1ccc(CCNC(=O)[C@H](C)NC(=O)N2CCn3c2nc2ccccc23)cc1OC. The quantitative estimate of drug-likeness (QED) is 0.591. The van der Waals surface area contributed by atoms with Crippen molar-refractivity contribution in [3.8, 4) is 11.5 Å². The number of nitrogens with one attached hydrogen (secondary N) is 2. The highest BCUT2D eigenvalue weighted by Gasteiger charge is 2.29. The first kappa shape index (κ1) is 21.5. The number of imidazole rings is 1. The van der Waals surface area contributed by atoms with Gasteiger partial charge in [0.05, 0.1) is 25.3 Å². The van der Waals surface area contributed by atoms with Crippen molar-refractivity contribution >= 4 is 28.9 Å². The molecule has 2 heterocycles. The zero-order chi connectivity index (χ0) is 22.7. The molecule has 1 aliphatic heterocycles. The fourth-order valence-electron chi connectivity index (χ4n) is 3.83. The number of aromatic nitrogens is 2. The lowest BCUT2D eigenvalue weighted by Crippen LogP contribution is -2.50. The van der Waals surface area contributed by atoms with Crippen LogP contribution in [-0.4, -0.2) is 54.8 Å². The van der Waals surface area contributed by atoms with Crippen molar-refractivity contribution in [3.05, 3.63) is 48.0 Å². The first-order chi connectivity index (χ1) is 15.5. The summed E-state index contributed by atoms with van der Waals surface area (Å²) in [5.41, 5.74) is 2.86. The molecule has 1 aromatic heterocycles. The minimum Gasteiger partial charge on any atom is -0.493 e. The summed E-state index contributed by atoms with van der Waals surface area (Å²) in [5.74, 6) is 1.66. The second-order valence-electron chi connectivity index (χ2n) is 7.61. The molecule has 0 saturated carbocycles. The maximum atomic E-state index is 12.8. The van der Waals surface area contributed by atoms with Crippen LogP contribution < -0.4 is 25.0 Å². The lowest BCUT2D eigenvalue weighted by molar-refractivity contribution is -0.122. The summed E-state index contributed by atoms with van der Waals surface area (Å²) < 4.78 is 12.6. The highest BCUT2D eigenvalue weighted by atomic mass is 16.5. The van der Waals surface area contributed by atoms with Crippen molar-refractivity contribution < 1.29 is 19.1 Å². The fraction of sp³-hybridized carbons (Fsp3) is 0.348. The number of hydrogen-bond acceptors (Lipinski definition) is 5. The standard InChI is InChI=1S/C23H27N5O4/c1-15(21(29)24-11-10-16-8-9-19(31-2)20(14-16)32-3)25-23(30)28-13-12-27-18-7-5-4-6-17(18)26-22(27)28/h4-9,14-15H,10-13H2,1-3H3,(H,24,29)(H,25,30)/t15-/m0/s1. The van der Waals surface area contributed by atoms with E-state index in [4.69, 9.17) is 9.47 Å². The van der Waals surface area contributed by atoms with Gasteiger partial charge in [-0.05, 0) is 43.2 Å². The van der Waals surface area contributed by atoms with Gasteiger partial charge in [0, 0.05) is 19.6 Å². The lowest BCUT2D eigenvalue weighted by atomic mass is 10.1. The third-order valence-corrected chi connectivity index (χ3v) is 5.56. The molecule has 2 aromatic carbocycles. The van der Waals surface area contributed by atoms with E-state index in [0.717, 1.165) is 16.6 Å². The van der Waals surface area contributed by atoms with Gasteiger partial charge in [-0.3, -0.25) is 9.69 Å². The Morgan fingerprint density at radius 2 is 1.88 bits per heavy atom. The Bertz CT molecular complexity index is 1140. The molecule has 2 N–H and O–H groups in total. The molecule has 168 valence electrons. The summed E-state index contributed by atoms with van der Waals surface area (Å²) in [6.07, 6.45) is 0.628. The summed E-state index contributed by atoms with van der Waals surface area (Å²) in [4.78, 5) is 31.4. The first-order valence-corrected chi connectivity index (χ1v) is 10.5. The monoisotopic (exact) mass is 437 g/mol. The molecule has 0 aliphatic carbocycles. The van der Waals surface area contributed by atoms with Gasteiger partial charge in [0.2, 0.25) is 11.9 Å². The van der Waals surface area contributed by atoms with Crippen LogP contribution in [0.25, 0.3) is 11.0 Å². The minimum absolute atomic E-state index is 0.244. The number of ether oxygens (including phenoxy) is 2. The molecule has 9 nitrogen and oxygen atoms in total. The van der Waals surface area contributed by atoms with Crippen LogP contribution in [0, 0.1) is 0 Å². The number of benzene rings is 2. The number of rotatable bonds is 7. The van der Waals surface area contributed by atoms with Crippen molar-refractivity contribution in [2.24, 2.45) is 0 Å². The van der Waals surface area contributed by atoms with Gasteiger partial charge in [0.15, 0.2) is 11.5 Å². The predicted octanol–water partition coefficient (Wildman–Crippen LogP) is 2.33. The van der Waals surface area contributed by atoms with Crippen LogP contribution in [0.4, 0.5) is 10.7 Å². The second kappa shape index (κ2) is 9.17. The molecular formula is C23H27N5O4. The summed E-state index contributed by atoms with van der Waals surface area (Å²) in [6, 6.07) is 12.4. The van der Waals surface area contributed by atoms with Gasteiger partial charge in [-0.1, -0.05) is 18.2 Å². The van der Waals surface area contributed by atoms with E-state index in [1.807, 2.05) is 47.0 Å². The molecule has 0 spiro atoms. The van der Waals surface area contributed by atoms with E-state index in [9.17, 15) is 9.59 Å². The van der Waals surface area contributed by atoms with Gasteiger partial charge in [0.25, 0.3) is 0 Å². The number of carbonyl (C=O) groups excluding carboxylic acids is 2. The molecule has 3 amide bonds. The number of methoxy groups -OCH3 is 2. The average molecular weight is 438 g/mol. The molecular weight excluding hydrogens is 410 g/mol. The van der Waals surface area contributed by atoms with E-state index >= 15 is 0 Å². The average Bonchev–Trinajstić information content (AvgIpc) is 3.38. The van der Waals surface area contributed by atoms with Gasteiger partial charge < -0.3 is 24.7 Å². The predicted molar refractivity (Wildman–Crippen MR) is 121 cm³/mol. The number of para-hydroxylation sites is 2. The van der Waals surface area contributed by atoms with E-state index in [-0.39, 0.29) is 11.9 Å². The Morgan fingerprint density at radius 3 is 2.66 bits per heavy atom. The van der Waals surface area contributed by atoms with E-state index in [1.54, 1.807) is 26.0 Å². The molecule has 3 aromatic rings. The summed E-state index contributed by atoms with van der Waals surface area (Å²) >= 11 is 0. The Balaban J connectivity index is 1.30. The van der Waals surface area contributed by atoms with E-state index in [1.165, 1.54) is 0 Å². The normalized spacial score (nSPS) is 13.5. The number of nitrogens with zero attached hydrogens (tertiary/aromatic N) is 3. The first-order valence-electron chi connectivity index (χ1n) is 10.5. The van der Waals surface area contributed by atoms with Gasteiger partial charge in [-0.15, -0.1) is 0 Å². The van der Waals surface area contributed by atoms with Crippen LogP contribution in [0.3, 0.4) is 0 Å².